The summed E-state index contributed by atoms with van der Waals surface area (Å²) in [5, 5.41) is 13.3. The van der Waals surface area contributed by atoms with E-state index in [1.54, 1.807) is 13.0 Å². The summed E-state index contributed by atoms with van der Waals surface area (Å²) < 4.78 is 13.3. The highest BCUT2D eigenvalue weighted by Gasteiger charge is 2.12. The number of aryl methyl sites for hydroxylation is 1. The molecule has 1 heterocycles. The van der Waals surface area contributed by atoms with E-state index < -0.39 is 17.6 Å². The first kappa shape index (κ1) is 14.1. The first-order valence-corrected chi connectivity index (χ1v) is 6.50. The van der Waals surface area contributed by atoms with E-state index >= 15 is 0 Å². The molecule has 20 heavy (non-hydrogen) atoms. The van der Waals surface area contributed by atoms with Crippen LogP contribution in [0.1, 0.15) is 15.4 Å². The van der Waals surface area contributed by atoms with Crippen molar-refractivity contribution in [1.29, 1.82) is 0 Å². The van der Waals surface area contributed by atoms with E-state index in [-0.39, 0.29) is 12.1 Å². The van der Waals surface area contributed by atoms with Crippen LogP contribution >= 0.6 is 11.3 Å². The normalized spacial score (nSPS) is 10.1. The SMILES string of the molecule is Cc1nnc(NC(=O)CNC(=O)c2ccccc2F)s1. The van der Waals surface area contributed by atoms with E-state index in [1.807, 2.05) is 0 Å². The minimum Gasteiger partial charge on any atom is -0.343 e. The minimum absolute atomic E-state index is 0.105. The lowest BCUT2D eigenvalue weighted by Crippen LogP contribution is -2.33. The number of hydrogen-bond donors (Lipinski definition) is 2. The van der Waals surface area contributed by atoms with Crippen LogP contribution in [0.5, 0.6) is 0 Å². The van der Waals surface area contributed by atoms with E-state index in [0.717, 1.165) is 5.01 Å². The Balaban J connectivity index is 1.87. The molecule has 2 amide bonds. The zero-order valence-electron chi connectivity index (χ0n) is 10.5. The van der Waals surface area contributed by atoms with E-state index in [4.69, 9.17) is 0 Å². The fourth-order valence-electron chi connectivity index (χ4n) is 1.41. The van der Waals surface area contributed by atoms with Crippen molar-refractivity contribution in [1.82, 2.24) is 15.5 Å². The highest BCUT2D eigenvalue weighted by molar-refractivity contribution is 7.15. The summed E-state index contributed by atoms with van der Waals surface area (Å²) in [7, 11) is 0. The second-order valence-electron chi connectivity index (χ2n) is 3.84. The van der Waals surface area contributed by atoms with Gasteiger partial charge < -0.3 is 5.32 Å². The smallest absolute Gasteiger partial charge is 0.254 e. The third-order valence-corrected chi connectivity index (χ3v) is 3.05. The molecule has 1 aromatic carbocycles. The van der Waals surface area contributed by atoms with Gasteiger partial charge in [-0.05, 0) is 19.1 Å². The predicted molar refractivity (Wildman–Crippen MR) is 72.0 cm³/mol. The number of anilines is 1. The Morgan fingerprint density at radius 2 is 2.05 bits per heavy atom. The second-order valence-corrected chi connectivity index (χ2v) is 5.02. The average Bonchev–Trinajstić information content (AvgIpc) is 2.82. The second kappa shape index (κ2) is 6.20. The van der Waals surface area contributed by atoms with Gasteiger partial charge in [-0.2, -0.15) is 0 Å². The van der Waals surface area contributed by atoms with Gasteiger partial charge in [-0.1, -0.05) is 23.5 Å². The Labute approximate surface area is 118 Å². The summed E-state index contributed by atoms with van der Waals surface area (Å²) in [4.78, 5) is 23.2. The summed E-state index contributed by atoms with van der Waals surface area (Å²) in [5.74, 6) is -1.73. The van der Waals surface area contributed by atoms with Crippen molar-refractivity contribution in [3.8, 4) is 0 Å². The Kier molecular flexibility index (Phi) is 4.36. The van der Waals surface area contributed by atoms with Gasteiger partial charge >= 0.3 is 0 Å². The van der Waals surface area contributed by atoms with Crippen LogP contribution in [0.4, 0.5) is 9.52 Å². The Morgan fingerprint density at radius 3 is 2.70 bits per heavy atom. The lowest BCUT2D eigenvalue weighted by Gasteiger charge is -2.05. The van der Waals surface area contributed by atoms with E-state index in [9.17, 15) is 14.0 Å². The summed E-state index contributed by atoms with van der Waals surface area (Å²) >= 11 is 1.22. The lowest BCUT2D eigenvalue weighted by molar-refractivity contribution is -0.115. The number of nitrogens with one attached hydrogen (secondary N) is 2. The number of hydrogen-bond acceptors (Lipinski definition) is 5. The maximum absolute atomic E-state index is 13.3. The number of benzene rings is 1. The fourth-order valence-corrected chi connectivity index (χ4v) is 2.02. The molecule has 0 saturated heterocycles. The van der Waals surface area contributed by atoms with Gasteiger partial charge in [-0.25, -0.2) is 4.39 Å². The first-order valence-electron chi connectivity index (χ1n) is 5.69. The van der Waals surface area contributed by atoms with Crippen molar-refractivity contribution < 1.29 is 14.0 Å². The van der Waals surface area contributed by atoms with Crippen LogP contribution in [0.15, 0.2) is 24.3 Å². The van der Waals surface area contributed by atoms with Crippen molar-refractivity contribution in [2.75, 3.05) is 11.9 Å². The molecule has 6 nitrogen and oxygen atoms in total. The van der Waals surface area contributed by atoms with Crippen LogP contribution in [0.25, 0.3) is 0 Å². The summed E-state index contributed by atoms with van der Waals surface area (Å²) in [6, 6.07) is 5.55. The molecule has 0 fully saturated rings. The maximum atomic E-state index is 13.3. The standard InChI is InChI=1S/C12H11FN4O2S/c1-7-16-17-12(20-7)15-10(18)6-14-11(19)8-4-2-3-5-9(8)13/h2-5H,6H2,1H3,(H,14,19)(H,15,17,18). The molecule has 0 spiro atoms. The van der Waals surface area contributed by atoms with Gasteiger partial charge in [0.1, 0.15) is 10.8 Å². The lowest BCUT2D eigenvalue weighted by atomic mass is 10.2. The Morgan fingerprint density at radius 1 is 1.30 bits per heavy atom. The number of aromatic nitrogens is 2. The molecule has 0 atom stereocenters. The van der Waals surface area contributed by atoms with Gasteiger partial charge in [0.05, 0.1) is 12.1 Å². The van der Waals surface area contributed by atoms with Gasteiger partial charge in [-0.3, -0.25) is 14.9 Å². The van der Waals surface area contributed by atoms with Crippen LogP contribution in [0.3, 0.4) is 0 Å². The summed E-state index contributed by atoms with van der Waals surface area (Å²) in [5.41, 5.74) is -0.105. The summed E-state index contributed by atoms with van der Waals surface area (Å²) in [6.07, 6.45) is 0. The number of halogens is 1. The molecule has 2 rings (SSSR count). The van der Waals surface area contributed by atoms with Crippen molar-refractivity contribution in [2.24, 2.45) is 0 Å². The highest BCUT2D eigenvalue weighted by atomic mass is 32.1. The van der Waals surface area contributed by atoms with Crippen molar-refractivity contribution in [3.63, 3.8) is 0 Å². The third-order valence-electron chi connectivity index (χ3n) is 2.30. The van der Waals surface area contributed by atoms with Gasteiger partial charge in [0.2, 0.25) is 11.0 Å². The molecule has 0 aliphatic rings. The third kappa shape index (κ3) is 3.58. The largest absolute Gasteiger partial charge is 0.343 e. The Bertz CT molecular complexity index is 644. The quantitative estimate of drug-likeness (QED) is 0.891. The monoisotopic (exact) mass is 294 g/mol. The van der Waals surface area contributed by atoms with Crippen LogP contribution in [0, 0.1) is 12.7 Å². The topological polar surface area (TPSA) is 84.0 Å². The van der Waals surface area contributed by atoms with Gasteiger partial charge in [-0.15, -0.1) is 10.2 Å². The molecule has 0 bridgehead atoms. The molecular weight excluding hydrogens is 283 g/mol. The number of nitrogens with zero attached hydrogens (tertiary/aromatic N) is 2. The van der Waals surface area contributed by atoms with E-state index in [0.29, 0.717) is 5.13 Å². The Hall–Kier alpha value is -2.35. The van der Waals surface area contributed by atoms with Gasteiger partial charge in [0, 0.05) is 0 Å². The first-order chi connectivity index (χ1) is 9.56. The zero-order valence-corrected chi connectivity index (χ0v) is 11.3. The number of carbonyl (C=O) groups is 2. The molecular formula is C12H11FN4O2S. The average molecular weight is 294 g/mol. The summed E-state index contributed by atoms with van der Waals surface area (Å²) in [6.45, 7) is 1.49. The molecule has 0 aliphatic heterocycles. The minimum atomic E-state index is -0.647. The fraction of sp³-hybridized carbons (Fsp3) is 0.167. The van der Waals surface area contributed by atoms with Crippen molar-refractivity contribution in [2.45, 2.75) is 6.92 Å². The van der Waals surface area contributed by atoms with E-state index in [1.165, 1.54) is 29.5 Å². The molecule has 0 aliphatic carbocycles. The molecule has 2 N–H and O–H groups in total. The molecule has 2 aromatic rings. The highest BCUT2D eigenvalue weighted by Crippen LogP contribution is 2.13. The van der Waals surface area contributed by atoms with Crippen LogP contribution in [0.2, 0.25) is 0 Å². The number of rotatable bonds is 4. The number of carbonyl (C=O) groups excluding carboxylic acids is 2. The molecule has 0 unspecified atom stereocenters. The maximum Gasteiger partial charge on any atom is 0.254 e. The van der Waals surface area contributed by atoms with Gasteiger partial charge in [0.15, 0.2) is 0 Å². The van der Waals surface area contributed by atoms with Crippen LogP contribution < -0.4 is 10.6 Å². The molecule has 1 aromatic heterocycles. The van der Waals surface area contributed by atoms with Crippen LogP contribution in [-0.2, 0) is 4.79 Å². The van der Waals surface area contributed by atoms with Gasteiger partial charge in [0.25, 0.3) is 5.91 Å². The molecule has 8 heteroatoms. The van der Waals surface area contributed by atoms with Crippen molar-refractivity contribution in [3.05, 3.63) is 40.7 Å². The zero-order chi connectivity index (χ0) is 14.5. The molecule has 104 valence electrons. The molecule has 0 saturated carbocycles. The molecule has 0 radical (unpaired) electrons. The van der Waals surface area contributed by atoms with Crippen LogP contribution in [-0.4, -0.2) is 28.6 Å². The van der Waals surface area contributed by atoms with Crippen molar-refractivity contribution >= 4 is 28.3 Å². The van der Waals surface area contributed by atoms with E-state index in [2.05, 4.69) is 20.8 Å². The number of amides is 2. The predicted octanol–water partition coefficient (Wildman–Crippen LogP) is 1.35.